The molecule has 0 spiro atoms. The average Bonchev–Trinajstić information content (AvgIpc) is 2.48. The second kappa shape index (κ2) is 5.67. The lowest BCUT2D eigenvalue weighted by molar-refractivity contribution is 0.352. The maximum Gasteiger partial charge on any atom is 0.0597 e. The van der Waals surface area contributed by atoms with E-state index in [9.17, 15) is 0 Å². The number of hydrogen-bond acceptors (Lipinski definition) is 2. The molecule has 3 heteroatoms. The number of nitrogens with one attached hydrogen (secondary N) is 1. The normalized spacial score (nSPS) is 25.8. The Balaban J connectivity index is 1.90. The summed E-state index contributed by atoms with van der Waals surface area (Å²) in [5.74, 6) is 0.812. The Kier molecular flexibility index (Phi) is 4.21. The van der Waals surface area contributed by atoms with Gasteiger partial charge in [0.05, 0.1) is 11.4 Å². The van der Waals surface area contributed by atoms with E-state index >= 15 is 0 Å². The van der Waals surface area contributed by atoms with Gasteiger partial charge in [-0.15, -0.1) is 0 Å². The largest absolute Gasteiger partial charge is 0.308 e. The molecule has 0 bridgehead atoms. The molecular formula is C14H25N3. The molecule has 1 aromatic heterocycles. The smallest absolute Gasteiger partial charge is 0.0597 e. The molecule has 1 fully saturated rings. The van der Waals surface area contributed by atoms with Crippen molar-refractivity contribution in [3.05, 3.63) is 17.5 Å². The number of aryl methyl sites for hydroxylation is 2. The van der Waals surface area contributed by atoms with Crippen LogP contribution in [0.5, 0.6) is 0 Å². The number of aromatic nitrogens is 2. The van der Waals surface area contributed by atoms with Gasteiger partial charge in [0.1, 0.15) is 0 Å². The van der Waals surface area contributed by atoms with Gasteiger partial charge in [-0.1, -0.05) is 26.2 Å². The number of rotatable bonds is 3. The summed E-state index contributed by atoms with van der Waals surface area (Å²) in [7, 11) is 2.03. The van der Waals surface area contributed by atoms with Crippen LogP contribution < -0.4 is 5.32 Å². The first-order valence-electron chi connectivity index (χ1n) is 6.89. The van der Waals surface area contributed by atoms with Gasteiger partial charge < -0.3 is 5.32 Å². The SMILES string of the molecule is Cc1cc(CNC2CCCCCC2C)n(C)n1. The van der Waals surface area contributed by atoms with Crippen LogP contribution in [0.4, 0.5) is 0 Å². The van der Waals surface area contributed by atoms with E-state index in [1.807, 2.05) is 11.7 Å². The van der Waals surface area contributed by atoms with Crippen molar-refractivity contribution in [3.63, 3.8) is 0 Å². The highest BCUT2D eigenvalue weighted by atomic mass is 15.3. The average molecular weight is 235 g/mol. The summed E-state index contributed by atoms with van der Waals surface area (Å²) in [5, 5.41) is 8.11. The lowest BCUT2D eigenvalue weighted by Crippen LogP contribution is -2.34. The minimum Gasteiger partial charge on any atom is -0.308 e. The second-order valence-electron chi connectivity index (χ2n) is 5.50. The van der Waals surface area contributed by atoms with Gasteiger partial charge in [-0.25, -0.2) is 0 Å². The molecule has 0 amide bonds. The van der Waals surface area contributed by atoms with E-state index in [-0.39, 0.29) is 0 Å². The Labute approximate surface area is 105 Å². The second-order valence-corrected chi connectivity index (χ2v) is 5.50. The van der Waals surface area contributed by atoms with E-state index in [0.29, 0.717) is 6.04 Å². The Morgan fingerprint density at radius 2 is 2.12 bits per heavy atom. The van der Waals surface area contributed by atoms with E-state index in [0.717, 1.165) is 18.2 Å². The molecule has 2 rings (SSSR count). The van der Waals surface area contributed by atoms with Crippen LogP contribution in [-0.4, -0.2) is 15.8 Å². The number of nitrogens with zero attached hydrogens (tertiary/aromatic N) is 2. The Morgan fingerprint density at radius 1 is 1.35 bits per heavy atom. The van der Waals surface area contributed by atoms with E-state index in [4.69, 9.17) is 0 Å². The minimum atomic E-state index is 0.688. The molecule has 96 valence electrons. The zero-order valence-electron chi connectivity index (χ0n) is 11.4. The maximum absolute atomic E-state index is 4.39. The fraction of sp³-hybridized carbons (Fsp3) is 0.786. The molecule has 1 heterocycles. The molecule has 1 aliphatic rings. The van der Waals surface area contributed by atoms with Crippen LogP contribution in [0.15, 0.2) is 6.07 Å². The molecule has 2 unspecified atom stereocenters. The van der Waals surface area contributed by atoms with E-state index in [2.05, 4.69) is 30.3 Å². The molecule has 1 saturated carbocycles. The summed E-state index contributed by atoms with van der Waals surface area (Å²) >= 11 is 0. The molecular weight excluding hydrogens is 210 g/mol. The topological polar surface area (TPSA) is 29.9 Å². The summed E-state index contributed by atoms with van der Waals surface area (Å²) < 4.78 is 1.99. The molecule has 1 aliphatic carbocycles. The van der Waals surface area contributed by atoms with Gasteiger partial charge in [0.25, 0.3) is 0 Å². The molecule has 1 aromatic rings. The van der Waals surface area contributed by atoms with E-state index in [1.165, 1.54) is 37.8 Å². The lowest BCUT2D eigenvalue weighted by atomic mass is 9.97. The highest BCUT2D eigenvalue weighted by Gasteiger charge is 2.19. The summed E-state index contributed by atoms with van der Waals surface area (Å²) in [4.78, 5) is 0. The molecule has 0 saturated heterocycles. The first-order chi connectivity index (χ1) is 8.16. The fourth-order valence-corrected chi connectivity index (χ4v) is 2.86. The standard InChI is InChI=1S/C14H25N3/c1-11-7-5-4-6-8-14(11)15-10-13-9-12(2)16-17(13)3/h9,11,14-15H,4-8,10H2,1-3H3. The van der Waals surface area contributed by atoms with Crippen molar-refractivity contribution in [2.45, 2.75) is 58.5 Å². The summed E-state index contributed by atoms with van der Waals surface area (Å²) in [6, 6.07) is 2.86. The van der Waals surface area contributed by atoms with E-state index in [1.54, 1.807) is 0 Å². The summed E-state index contributed by atoms with van der Waals surface area (Å²) in [5.41, 5.74) is 2.40. The van der Waals surface area contributed by atoms with Crippen molar-refractivity contribution in [1.29, 1.82) is 0 Å². The summed E-state index contributed by atoms with van der Waals surface area (Å²) in [6.45, 7) is 5.39. The van der Waals surface area contributed by atoms with Gasteiger partial charge in [-0.05, 0) is 31.7 Å². The van der Waals surface area contributed by atoms with Crippen LogP contribution in [0, 0.1) is 12.8 Å². The van der Waals surface area contributed by atoms with Crippen LogP contribution in [0.3, 0.4) is 0 Å². The molecule has 3 nitrogen and oxygen atoms in total. The Bertz CT molecular complexity index is 356. The van der Waals surface area contributed by atoms with E-state index < -0.39 is 0 Å². The highest BCUT2D eigenvalue weighted by molar-refractivity contribution is 5.08. The third-order valence-electron chi connectivity index (χ3n) is 4.01. The molecule has 2 atom stereocenters. The van der Waals surface area contributed by atoms with Gasteiger partial charge >= 0.3 is 0 Å². The lowest BCUT2D eigenvalue weighted by Gasteiger charge is -2.22. The molecule has 0 aliphatic heterocycles. The minimum absolute atomic E-state index is 0.688. The van der Waals surface area contributed by atoms with Gasteiger partial charge in [-0.3, -0.25) is 4.68 Å². The molecule has 0 aromatic carbocycles. The van der Waals surface area contributed by atoms with Crippen LogP contribution in [0.1, 0.15) is 50.4 Å². The van der Waals surface area contributed by atoms with Crippen LogP contribution in [0.2, 0.25) is 0 Å². The first kappa shape index (κ1) is 12.6. The van der Waals surface area contributed by atoms with Gasteiger partial charge in [0.2, 0.25) is 0 Å². The van der Waals surface area contributed by atoms with Crippen molar-refractivity contribution in [2.24, 2.45) is 13.0 Å². The van der Waals surface area contributed by atoms with Crippen LogP contribution in [-0.2, 0) is 13.6 Å². The molecule has 0 radical (unpaired) electrons. The third kappa shape index (κ3) is 3.32. The monoisotopic (exact) mass is 235 g/mol. The fourth-order valence-electron chi connectivity index (χ4n) is 2.86. The quantitative estimate of drug-likeness (QED) is 0.816. The van der Waals surface area contributed by atoms with Gasteiger partial charge in [-0.2, -0.15) is 5.10 Å². The highest BCUT2D eigenvalue weighted by Crippen LogP contribution is 2.23. The zero-order valence-corrected chi connectivity index (χ0v) is 11.4. The molecule has 1 N–H and O–H groups in total. The number of hydrogen-bond donors (Lipinski definition) is 1. The van der Waals surface area contributed by atoms with Gasteiger partial charge in [0, 0.05) is 19.6 Å². The third-order valence-corrected chi connectivity index (χ3v) is 4.01. The molecule has 17 heavy (non-hydrogen) atoms. The Hall–Kier alpha value is -0.830. The van der Waals surface area contributed by atoms with Crippen molar-refractivity contribution in [2.75, 3.05) is 0 Å². The predicted octanol–water partition coefficient (Wildman–Crippen LogP) is 2.79. The van der Waals surface area contributed by atoms with Crippen molar-refractivity contribution >= 4 is 0 Å². The van der Waals surface area contributed by atoms with Crippen molar-refractivity contribution < 1.29 is 0 Å². The van der Waals surface area contributed by atoms with Gasteiger partial charge in [0.15, 0.2) is 0 Å². The van der Waals surface area contributed by atoms with Crippen molar-refractivity contribution in [3.8, 4) is 0 Å². The first-order valence-corrected chi connectivity index (χ1v) is 6.89. The van der Waals surface area contributed by atoms with Crippen LogP contribution in [0.25, 0.3) is 0 Å². The Morgan fingerprint density at radius 3 is 2.82 bits per heavy atom. The van der Waals surface area contributed by atoms with Crippen LogP contribution >= 0.6 is 0 Å². The zero-order chi connectivity index (χ0) is 12.3. The maximum atomic E-state index is 4.39. The van der Waals surface area contributed by atoms with Crippen molar-refractivity contribution in [1.82, 2.24) is 15.1 Å². The predicted molar refractivity (Wildman–Crippen MR) is 70.8 cm³/mol. The summed E-state index contributed by atoms with van der Waals surface area (Å²) in [6.07, 6.45) is 6.91.